The Morgan fingerprint density at radius 1 is 1.11 bits per heavy atom. The Kier molecular flexibility index (Phi) is 5.75. The Morgan fingerprint density at radius 3 is 2.37 bits per heavy atom. The number of rotatable bonds is 2. The van der Waals surface area contributed by atoms with E-state index in [4.69, 9.17) is 0 Å². The summed E-state index contributed by atoms with van der Waals surface area (Å²) < 4.78 is 0. The van der Waals surface area contributed by atoms with E-state index in [2.05, 4.69) is 10.6 Å². The largest absolute Gasteiger partial charge is 0.342 e. The van der Waals surface area contributed by atoms with Gasteiger partial charge < -0.3 is 10.2 Å². The van der Waals surface area contributed by atoms with Crippen molar-refractivity contribution in [1.82, 2.24) is 20.4 Å². The topological polar surface area (TPSA) is 81.8 Å². The minimum Gasteiger partial charge on any atom is -0.342 e. The summed E-state index contributed by atoms with van der Waals surface area (Å²) in [6.07, 6.45) is 0.831. The van der Waals surface area contributed by atoms with E-state index in [9.17, 15) is 14.4 Å². The van der Waals surface area contributed by atoms with Gasteiger partial charge in [-0.1, -0.05) is 0 Å². The van der Waals surface area contributed by atoms with Crippen molar-refractivity contribution in [1.29, 1.82) is 0 Å². The molecule has 0 aromatic heterocycles. The highest BCUT2D eigenvalue weighted by Gasteiger charge is 2.25. The molecular weight excluding hydrogens is 248 g/mol. The number of carbonyl (C=O) groups excluding carboxylic acids is 3. The van der Waals surface area contributed by atoms with Gasteiger partial charge in [0.05, 0.1) is 6.04 Å². The van der Waals surface area contributed by atoms with Gasteiger partial charge in [-0.3, -0.25) is 19.8 Å². The summed E-state index contributed by atoms with van der Waals surface area (Å²) in [6, 6.07) is -0.888. The molecule has 1 saturated heterocycles. The van der Waals surface area contributed by atoms with Crippen molar-refractivity contribution in [3.63, 3.8) is 0 Å². The first-order chi connectivity index (χ1) is 8.95. The monoisotopic (exact) mass is 270 g/mol. The molecule has 0 bridgehead atoms. The van der Waals surface area contributed by atoms with Crippen LogP contribution in [0.1, 0.15) is 20.3 Å². The first kappa shape index (κ1) is 15.4. The van der Waals surface area contributed by atoms with Gasteiger partial charge in [0.15, 0.2) is 0 Å². The lowest BCUT2D eigenvalue weighted by molar-refractivity contribution is -0.128. The smallest absolute Gasteiger partial charge is 0.321 e. The number of nitrogens with zero attached hydrogens (tertiary/aromatic N) is 2. The highest BCUT2D eigenvalue weighted by atomic mass is 16.2. The van der Waals surface area contributed by atoms with E-state index in [0.29, 0.717) is 13.1 Å². The maximum absolute atomic E-state index is 11.8. The van der Waals surface area contributed by atoms with Gasteiger partial charge in [0.2, 0.25) is 11.8 Å². The van der Waals surface area contributed by atoms with Crippen LogP contribution in [0.2, 0.25) is 0 Å². The molecule has 19 heavy (non-hydrogen) atoms. The van der Waals surface area contributed by atoms with Crippen LogP contribution in [0.4, 0.5) is 4.79 Å². The molecule has 1 atom stereocenters. The quantitative estimate of drug-likeness (QED) is 0.701. The average Bonchev–Trinajstić information content (AvgIpc) is 2.63. The van der Waals surface area contributed by atoms with Crippen molar-refractivity contribution in [3.8, 4) is 0 Å². The minimum atomic E-state index is -0.503. The summed E-state index contributed by atoms with van der Waals surface area (Å²) in [5, 5.41) is 4.62. The Hall–Kier alpha value is -1.63. The summed E-state index contributed by atoms with van der Waals surface area (Å²) in [5.41, 5.74) is 0. The van der Waals surface area contributed by atoms with Crippen molar-refractivity contribution in [2.45, 2.75) is 26.3 Å². The van der Waals surface area contributed by atoms with Crippen LogP contribution < -0.4 is 10.6 Å². The molecule has 1 heterocycles. The second kappa shape index (κ2) is 7.08. The third-order valence-corrected chi connectivity index (χ3v) is 3.37. The Morgan fingerprint density at radius 2 is 1.79 bits per heavy atom. The molecule has 0 radical (unpaired) electrons. The fraction of sp³-hybridized carbons (Fsp3) is 0.750. The molecule has 7 nitrogen and oxygen atoms in total. The lowest BCUT2D eigenvalue weighted by atomic mass is 10.2. The number of hydrogen-bond acceptors (Lipinski definition) is 4. The van der Waals surface area contributed by atoms with Crippen LogP contribution in [0.15, 0.2) is 0 Å². The lowest BCUT2D eigenvalue weighted by Gasteiger charge is -2.26. The van der Waals surface area contributed by atoms with Crippen molar-refractivity contribution in [2.75, 3.05) is 33.2 Å². The minimum absolute atomic E-state index is 0.0596. The summed E-state index contributed by atoms with van der Waals surface area (Å²) in [6.45, 7) is 6.04. The number of urea groups is 1. The normalized spacial score (nSPS) is 18.4. The zero-order valence-electron chi connectivity index (χ0n) is 11.7. The van der Waals surface area contributed by atoms with Crippen LogP contribution in [0.25, 0.3) is 0 Å². The van der Waals surface area contributed by atoms with Crippen molar-refractivity contribution in [3.05, 3.63) is 0 Å². The predicted molar refractivity (Wildman–Crippen MR) is 70.5 cm³/mol. The van der Waals surface area contributed by atoms with E-state index in [1.807, 2.05) is 4.90 Å². The van der Waals surface area contributed by atoms with Gasteiger partial charge in [-0.25, -0.2) is 4.79 Å². The highest BCUT2D eigenvalue weighted by molar-refractivity contribution is 5.96. The molecule has 0 aromatic carbocycles. The fourth-order valence-electron chi connectivity index (χ4n) is 2.08. The summed E-state index contributed by atoms with van der Waals surface area (Å²) in [7, 11) is 1.46. The number of imide groups is 1. The molecule has 108 valence electrons. The van der Waals surface area contributed by atoms with E-state index in [1.165, 1.54) is 7.05 Å². The number of carbonyl (C=O) groups is 3. The van der Waals surface area contributed by atoms with E-state index in [1.54, 1.807) is 18.7 Å². The van der Waals surface area contributed by atoms with Crippen molar-refractivity contribution < 1.29 is 14.4 Å². The zero-order chi connectivity index (χ0) is 14.4. The number of hydrogen-bond donors (Lipinski definition) is 2. The van der Waals surface area contributed by atoms with Gasteiger partial charge >= 0.3 is 6.03 Å². The molecule has 1 fully saturated rings. The summed E-state index contributed by atoms with van der Waals surface area (Å²) >= 11 is 0. The van der Waals surface area contributed by atoms with Gasteiger partial charge in [-0.05, 0) is 13.3 Å². The highest BCUT2D eigenvalue weighted by Crippen LogP contribution is 2.07. The van der Waals surface area contributed by atoms with Gasteiger partial charge in [0.25, 0.3) is 0 Å². The molecule has 0 saturated carbocycles. The van der Waals surface area contributed by atoms with Crippen molar-refractivity contribution >= 4 is 17.8 Å². The summed E-state index contributed by atoms with van der Waals surface area (Å²) in [5.74, 6) is -0.264. The van der Waals surface area contributed by atoms with Crippen LogP contribution in [-0.4, -0.2) is 66.9 Å². The van der Waals surface area contributed by atoms with Gasteiger partial charge in [0, 0.05) is 40.2 Å². The van der Waals surface area contributed by atoms with Gasteiger partial charge in [0.1, 0.15) is 0 Å². The average molecular weight is 270 g/mol. The SMILES string of the molecule is CNC(=O)NC(=O)C(C)N1CCCN(C(C)=O)CC1. The molecule has 4 amide bonds. The van der Waals surface area contributed by atoms with Crippen LogP contribution in [0, 0.1) is 0 Å². The van der Waals surface area contributed by atoms with E-state index in [-0.39, 0.29) is 17.9 Å². The number of nitrogens with one attached hydrogen (secondary N) is 2. The third kappa shape index (κ3) is 4.51. The molecule has 0 spiro atoms. The van der Waals surface area contributed by atoms with Crippen LogP contribution in [0.5, 0.6) is 0 Å². The molecular formula is C12H22N4O3. The fourth-order valence-corrected chi connectivity index (χ4v) is 2.08. The van der Waals surface area contributed by atoms with Crippen LogP contribution in [0.3, 0.4) is 0 Å². The molecule has 2 N–H and O–H groups in total. The molecule has 1 aliphatic heterocycles. The predicted octanol–water partition coefficient (Wildman–Crippen LogP) is -0.615. The third-order valence-electron chi connectivity index (χ3n) is 3.37. The molecule has 1 unspecified atom stereocenters. The van der Waals surface area contributed by atoms with E-state index in [0.717, 1.165) is 19.5 Å². The Labute approximate surface area is 113 Å². The first-order valence-corrected chi connectivity index (χ1v) is 6.48. The van der Waals surface area contributed by atoms with E-state index >= 15 is 0 Å². The summed E-state index contributed by atoms with van der Waals surface area (Å²) in [4.78, 5) is 38.0. The molecule has 7 heteroatoms. The van der Waals surface area contributed by atoms with Crippen LogP contribution >= 0.6 is 0 Å². The van der Waals surface area contributed by atoms with Gasteiger partial charge in [-0.15, -0.1) is 0 Å². The maximum atomic E-state index is 11.8. The molecule has 0 aliphatic carbocycles. The van der Waals surface area contributed by atoms with E-state index < -0.39 is 6.03 Å². The number of amides is 4. The molecule has 0 aromatic rings. The first-order valence-electron chi connectivity index (χ1n) is 6.48. The van der Waals surface area contributed by atoms with Crippen molar-refractivity contribution in [2.24, 2.45) is 0 Å². The lowest BCUT2D eigenvalue weighted by Crippen LogP contribution is -2.50. The van der Waals surface area contributed by atoms with Crippen LogP contribution in [-0.2, 0) is 9.59 Å². The standard InChI is InChI=1S/C12H22N4O3/c1-9(11(18)14-12(19)13-3)15-5-4-6-16(8-7-15)10(2)17/h9H,4-8H2,1-3H3,(H2,13,14,18,19). The molecule has 1 rings (SSSR count). The second-order valence-electron chi connectivity index (χ2n) is 4.64. The Balaban J connectivity index is 2.53. The zero-order valence-corrected chi connectivity index (χ0v) is 11.7. The second-order valence-corrected chi connectivity index (χ2v) is 4.64. The Bertz CT molecular complexity index is 359. The maximum Gasteiger partial charge on any atom is 0.321 e. The van der Waals surface area contributed by atoms with Gasteiger partial charge in [-0.2, -0.15) is 0 Å². The molecule has 1 aliphatic rings.